The number of sulfonamides is 1. The summed E-state index contributed by atoms with van der Waals surface area (Å²) in [6.45, 7) is 0.381. The summed E-state index contributed by atoms with van der Waals surface area (Å²) in [6.07, 6.45) is 1.06. The number of rotatable bonds is 4. The molecule has 0 aliphatic carbocycles. The topological polar surface area (TPSA) is 74.7 Å². The average Bonchev–Trinajstić information content (AvgIpc) is 2.43. The molecular formula is C13H15Cl2NO4S. The zero-order valence-electron chi connectivity index (χ0n) is 11.1. The first kappa shape index (κ1) is 16.5. The highest BCUT2D eigenvalue weighted by molar-refractivity contribution is 7.88. The predicted octanol–water partition coefficient (Wildman–Crippen LogP) is 2.62. The van der Waals surface area contributed by atoms with Crippen LogP contribution < -0.4 is 0 Å². The van der Waals surface area contributed by atoms with Gasteiger partial charge in [-0.25, -0.2) is 12.7 Å². The fourth-order valence-electron chi connectivity index (χ4n) is 2.33. The van der Waals surface area contributed by atoms with Gasteiger partial charge in [-0.15, -0.1) is 0 Å². The summed E-state index contributed by atoms with van der Waals surface area (Å²) in [5, 5.41) is 9.69. The number of nitrogens with zero attached hydrogens (tertiary/aromatic N) is 1. The second-order valence-corrected chi connectivity index (χ2v) is 7.82. The van der Waals surface area contributed by atoms with Crippen molar-refractivity contribution in [1.29, 1.82) is 0 Å². The summed E-state index contributed by atoms with van der Waals surface area (Å²) >= 11 is 11.7. The Morgan fingerprint density at radius 3 is 2.67 bits per heavy atom. The van der Waals surface area contributed by atoms with Gasteiger partial charge in [0.1, 0.15) is 0 Å². The van der Waals surface area contributed by atoms with Crippen molar-refractivity contribution < 1.29 is 18.3 Å². The Morgan fingerprint density at radius 2 is 2.05 bits per heavy atom. The number of hydrogen-bond donors (Lipinski definition) is 1. The lowest BCUT2D eigenvalue weighted by atomic mass is 10.0. The standard InChI is InChI=1S/C13H15Cl2NO4S/c14-11-4-3-9(6-12(11)15)8-21(19,20)16-5-1-2-10(7-16)13(17)18/h3-4,6,10H,1-2,5,7-8H2,(H,17,18). The van der Waals surface area contributed by atoms with Crippen LogP contribution in [0.25, 0.3) is 0 Å². The van der Waals surface area contributed by atoms with E-state index in [2.05, 4.69) is 0 Å². The van der Waals surface area contributed by atoms with Gasteiger partial charge in [-0.05, 0) is 30.5 Å². The molecule has 1 unspecified atom stereocenters. The van der Waals surface area contributed by atoms with Crippen molar-refractivity contribution in [2.24, 2.45) is 5.92 Å². The van der Waals surface area contributed by atoms with Gasteiger partial charge in [-0.3, -0.25) is 4.79 Å². The zero-order valence-corrected chi connectivity index (χ0v) is 13.5. The van der Waals surface area contributed by atoms with Crippen LogP contribution in [0, 0.1) is 5.92 Å². The summed E-state index contributed by atoms with van der Waals surface area (Å²) in [4.78, 5) is 11.0. The minimum Gasteiger partial charge on any atom is -0.481 e. The van der Waals surface area contributed by atoms with Crippen LogP contribution >= 0.6 is 23.2 Å². The van der Waals surface area contributed by atoms with Gasteiger partial charge in [-0.2, -0.15) is 0 Å². The number of benzene rings is 1. The Kier molecular flexibility index (Phi) is 5.14. The van der Waals surface area contributed by atoms with E-state index in [1.807, 2.05) is 0 Å². The van der Waals surface area contributed by atoms with Crippen LogP contribution in [0.15, 0.2) is 18.2 Å². The third kappa shape index (κ3) is 4.10. The molecule has 1 heterocycles. The zero-order chi connectivity index (χ0) is 15.6. The van der Waals surface area contributed by atoms with Crippen LogP contribution in [0.3, 0.4) is 0 Å². The highest BCUT2D eigenvalue weighted by atomic mass is 35.5. The Balaban J connectivity index is 2.14. The molecule has 2 rings (SSSR count). The molecule has 1 atom stereocenters. The SMILES string of the molecule is O=C(O)C1CCCN(S(=O)(=O)Cc2ccc(Cl)c(Cl)c2)C1. The van der Waals surface area contributed by atoms with E-state index < -0.39 is 21.9 Å². The maximum atomic E-state index is 12.4. The molecule has 5 nitrogen and oxygen atoms in total. The van der Waals surface area contributed by atoms with Gasteiger partial charge in [0, 0.05) is 13.1 Å². The highest BCUT2D eigenvalue weighted by Gasteiger charge is 2.32. The summed E-state index contributed by atoms with van der Waals surface area (Å²) in [6, 6.07) is 4.66. The van der Waals surface area contributed by atoms with Gasteiger partial charge in [0.2, 0.25) is 10.0 Å². The number of carbonyl (C=O) groups is 1. The fraction of sp³-hybridized carbons (Fsp3) is 0.462. The number of halogens is 2. The molecule has 1 aliphatic rings. The summed E-state index contributed by atoms with van der Waals surface area (Å²) in [7, 11) is -3.56. The maximum Gasteiger partial charge on any atom is 0.307 e. The van der Waals surface area contributed by atoms with E-state index in [1.54, 1.807) is 12.1 Å². The lowest BCUT2D eigenvalue weighted by Crippen LogP contribution is -2.42. The number of carboxylic acid groups (broad SMARTS) is 1. The number of hydrogen-bond acceptors (Lipinski definition) is 3. The van der Waals surface area contributed by atoms with Crippen LogP contribution in [0.2, 0.25) is 10.0 Å². The first-order chi connectivity index (χ1) is 9.79. The van der Waals surface area contributed by atoms with Gasteiger partial charge in [0.25, 0.3) is 0 Å². The molecule has 116 valence electrons. The van der Waals surface area contributed by atoms with E-state index in [4.69, 9.17) is 28.3 Å². The van der Waals surface area contributed by atoms with E-state index in [1.165, 1.54) is 10.4 Å². The maximum absolute atomic E-state index is 12.4. The van der Waals surface area contributed by atoms with Crippen LogP contribution in [-0.4, -0.2) is 36.9 Å². The van der Waals surface area contributed by atoms with E-state index in [0.717, 1.165) is 0 Å². The van der Waals surface area contributed by atoms with Crippen LogP contribution in [0.1, 0.15) is 18.4 Å². The minimum atomic E-state index is -3.56. The number of aliphatic carboxylic acids is 1. The molecule has 0 radical (unpaired) electrons. The van der Waals surface area contributed by atoms with Crippen LogP contribution in [0.5, 0.6) is 0 Å². The van der Waals surface area contributed by atoms with E-state index in [-0.39, 0.29) is 12.3 Å². The van der Waals surface area contributed by atoms with Gasteiger partial charge in [0.15, 0.2) is 0 Å². The van der Waals surface area contributed by atoms with Crippen LogP contribution in [0.4, 0.5) is 0 Å². The molecule has 1 fully saturated rings. The third-order valence-corrected chi connectivity index (χ3v) is 6.02. The van der Waals surface area contributed by atoms with E-state index in [0.29, 0.717) is 35.0 Å². The normalized spacial score (nSPS) is 20.4. The monoisotopic (exact) mass is 351 g/mol. The molecule has 0 bridgehead atoms. The Bertz CT molecular complexity index is 648. The Labute approximate surface area is 133 Å². The molecule has 0 saturated carbocycles. The number of carboxylic acids is 1. The third-order valence-electron chi connectivity index (χ3n) is 3.46. The van der Waals surface area contributed by atoms with Crippen molar-refractivity contribution in [3.05, 3.63) is 33.8 Å². The van der Waals surface area contributed by atoms with Crippen molar-refractivity contribution in [1.82, 2.24) is 4.31 Å². The molecular weight excluding hydrogens is 337 g/mol. The highest BCUT2D eigenvalue weighted by Crippen LogP contribution is 2.25. The quantitative estimate of drug-likeness (QED) is 0.904. The second-order valence-electron chi connectivity index (χ2n) is 5.04. The van der Waals surface area contributed by atoms with Gasteiger partial charge >= 0.3 is 5.97 Å². The molecule has 1 N–H and O–H groups in total. The summed E-state index contributed by atoms with van der Waals surface area (Å²) in [5.41, 5.74) is 0.529. The molecule has 1 aliphatic heterocycles. The van der Waals surface area contributed by atoms with Crippen molar-refractivity contribution >= 4 is 39.2 Å². The average molecular weight is 352 g/mol. The largest absolute Gasteiger partial charge is 0.481 e. The van der Waals surface area contributed by atoms with E-state index >= 15 is 0 Å². The fourth-order valence-corrected chi connectivity index (χ4v) is 4.25. The number of piperidine rings is 1. The minimum absolute atomic E-state index is 0.0268. The van der Waals surface area contributed by atoms with Crippen molar-refractivity contribution in [2.75, 3.05) is 13.1 Å². The Morgan fingerprint density at radius 1 is 1.33 bits per heavy atom. The molecule has 0 aromatic heterocycles. The van der Waals surface area contributed by atoms with Crippen molar-refractivity contribution in [3.8, 4) is 0 Å². The summed E-state index contributed by atoms with van der Waals surface area (Å²) < 4.78 is 26.0. The first-order valence-corrected chi connectivity index (χ1v) is 8.80. The van der Waals surface area contributed by atoms with Gasteiger partial charge in [0.05, 0.1) is 21.7 Å². The van der Waals surface area contributed by atoms with Gasteiger partial charge in [-0.1, -0.05) is 29.3 Å². The smallest absolute Gasteiger partial charge is 0.307 e. The van der Waals surface area contributed by atoms with Crippen molar-refractivity contribution in [3.63, 3.8) is 0 Å². The lowest BCUT2D eigenvalue weighted by molar-refractivity contribution is -0.142. The molecule has 21 heavy (non-hydrogen) atoms. The van der Waals surface area contributed by atoms with Crippen molar-refractivity contribution in [2.45, 2.75) is 18.6 Å². The van der Waals surface area contributed by atoms with E-state index in [9.17, 15) is 13.2 Å². The first-order valence-electron chi connectivity index (χ1n) is 6.44. The molecule has 1 saturated heterocycles. The molecule has 1 aromatic rings. The Hall–Kier alpha value is -0.820. The van der Waals surface area contributed by atoms with Crippen LogP contribution in [-0.2, 0) is 20.6 Å². The second kappa shape index (κ2) is 6.52. The van der Waals surface area contributed by atoms with Gasteiger partial charge < -0.3 is 5.11 Å². The summed E-state index contributed by atoms with van der Waals surface area (Å²) in [5.74, 6) is -1.80. The molecule has 0 spiro atoms. The molecule has 8 heteroatoms. The predicted molar refractivity (Wildman–Crippen MR) is 81.0 cm³/mol. The lowest BCUT2D eigenvalue weighted by Gasteiger charge is -2.29. The molecule has 1 aromatic carbocycles. The molecule has 0 amide bonds.